The Morgan fingerprint density at radius 1 is 1.47 bits per heavy atom. The van der Waals surface area contributed by atoms with E-state index in [2.05, 4.69) is 4.72 Å². The maximum atomic E-state index is 11.7. The summed E-state index contributed by atoms with van der Waals surface area (Å²) < 4.78 is 26.2. The van der Waals surface area contributed by atoms with Gasteiger partial charge in [-0.15, -0.1) is 0 Å². The quantitative estimate of drug-likeness (QED) is 0.801. The van der Waals surface area contributed by atoms with Crippen molar-refractivity contribution in [3.8, 4) is 0 Å². The van der Waals surface area contributed by atoms with Gasteiger partial charge in [-0.25, -0.2) is 13.1 Å². The van der Waals surface area contributed by atoms with Crippen LogP contribution in [0, 0.1) is 0 Å². The van der Waals surface area contributed by atoms with Crippen molar-refractivity contribution in [1.29, 1.82) is 0 Å². The molecule has 2 rings (SSSR count). The molecule has 0 aliphatic heterocycles. The maximum absolute atomic E-state index is 11.7. The minimum Gasteiger partial charge on any atom is -0.398 e. The molecule has 0 amide bonds. The molecule has 0 aromatic heterocycles. The molecule has 0 bridgehead atoms. The van der Waals surface area contributed by atoms with Gasteiger partial charge in [0.25, 0.3) is 0 Å². The normalized spacial score (nSPS) is 19.2. The van der Waals surface area contributed by atoms with Crippen molar-refractivity contribution in [3.63, 3.8) is 0 Å². The Hall–Kier alpha value is -1.07. The van der Waals surface area contributed by atoms with Crippen molar-refractivity contribution >= 4 is 15.7 Å². The molecule has 0 spiro atoms. The van der Waals surface area contributed by atoms with Gasteiger partial charge in [-0.3, -0.25) is 0 Å². The van der Waals surface area contributed by atoms with Gasteiger partial charge < -0.3 is 5.73 Å². The molecule has 1 aromatic carbocycles. The maximum Gasteiger partial charge on any atom is 0.212 e. The number of nitrogens with two attached hydrogens (primary N) is 1. The Labute approximate surface area is 102 Å². The topological polar surface area (TPSA) is 72.2 Å². The van der Waals surface area contributed by atoms with E-state index in [1.54, 1.807) is 0 Å². The number of hydrogen-bond donors (Lipinski definition) is 2. The van der Waals surface area contributed by atoms with E-state index in [9.17, 15) is 8.42 Å². The second-order valence-corrected chi connectivity index (χ2v) is 6.32. The largest absolute Gasteiger partial charge is 0.398 e. The highest BCUT2D eigenvalue weighted by Gasteiger charge is 2.27. The summed E-state index contributed by atoms with van der Waals surface area (Å²) in [7, 11) is -3.16. The first-order valence-corrected chi connectivity index (χ1v) is 7.56. The number of fused-ring (bicyclic) bond motifs is 1. The highest BCUT2D eigenvalue weighted by atomic mass is 32.2. The molecule has 1 aliphatic rings. The highest BCUT2D eigenvalue weighted by Crippen LogP contribution is 2.34. The van der Waals surface area contributed by atoms with Crippen LogP contribution in [0.25, 0.3) is 0 Å². The third kappa shape index (κ3) is 2.61. The SMILES string of the molecule is CCCS(=O)(=O)NC1CCc2c(N)cccc21. The van der Waals surface area contributed by atoms with Gasteiger partial charge in [-0.1, -0.05) is 19.1 Å². The zero-order valence-corrected chi connectivity index (χ0v) is 10.8. The summed E-state index contributed by atoms with van der Waals surface area (Å²) >= 11 is 0. The lowest BCUT2D eigenvalue weighted by Gasteiger charge is -2.14. The molecule has 94 valence electrons. The van der Waals surface area contributed by atoms with Crippen LogP contribution in [-0.2, 0) is 16.4 Å². The van der Waals surface area contributed by atoms with Gasteiger partial charge in [0, 0.05) is 11.7 Å². The number of rotatable bonds is 4. The van der Waals surface area contributed by atoms with Gasteiger partial charge in [0.2, 0.25) is 10.0 Å². The van der Waals surface area contributed by atoms with E-state index in [0.717, 1.165) is 29.7 Å². The summed E-state index contributed by atoms with van der Waals surface area (Å²) in [6.07, 6.45) is 2.28. The number of nitrogen functional groups attached to an aromatic ring is 1. The van der Waals surface area contributed by atoms with E-state index in [0.29, 0.717) is 6.42 Å². The van der Waals surface area contributed by atoms with E-state index < -0.39 is 10.0 Å². The van der Waals surface area contributed by atoms with Crippen LogP contribution in [0.15, 0.2) is 18.2 Å². The molecule has 0 heterocycles. The molecule has 5 heteroatoms. The smallest absolute Gasteiger partial charge is 0.212 e. The molecule has 1 aromatic rings. The molecule has 1 aliphatic carbocycles. The Bertz CT molecular complexity index is 511. The molecule has 17 heavy (non-hydrogen) atoms. The molecule has 0 radical (unpaired) electrons. The van der Waals surface area contributed by atoms with E-state index >= 15 is 0 Å². The lowest BCUT2D eigenvalue weighted by Crippen LogP contribution is -2.29. The molecule has 4 nitrogen and oxygen atoms in total. The zero-order chi connectivity index (χ0) is 12.5. The van der Waals surface area contributed by atoms with Gasteiger partial charge in [0.1, 0.15) is 0 Å². The van der Waals surface area contributed by atoms with Crippen molar-refractivity contribution in [1.82, 2.24) is 4.72 Å². The first-order chi connectivity index (χ1) is 8.03. The first kappa shape index (κ1) is 12.4. The predicted octanol–water partition coefficient (Wildman–Crippen LogP) is 1.59. The molecular weight excluding hydrogens is 236 g/mol. The lowest BCUT2D eigenvalue weighted by atomic mass is 10.1. The van der Waals surface area contributed by atoms with E-state index in [1.165, 1.54) is 0 Å². The predicted molar refractivity (Wildman–Crippen MR) is 69.1 cm³/mol. The third-order valence-corrected chi connectivity index (χ3v) is 4.69. The number of sulfonamides is 1. The molecular formula is C12H18N2O2S. The number of nitrogens with one attached hydrogen (secondary N) is 1. The summed E-state index contributed by atoms with van der Waals surface area (Å²) in [6.45, 7) is 1.86. The van der Waals surface area contributed by atoms with Gasteiger partial charge in [0.15, 0.2) is 0 Å². The molecule has 3 N–H and O–H groups in total. The highest BCUT2D eigenvalue weighted by molar-refractivity contribution is 7.89. The van der Waals surface area contributed by atoms with E-state index in [4.69, 9.17) is 5.73 Å². The van der Waals surface area contributed by atoms with E-state index in [1.807, 2.05) is 25.1 Å². The Balaban J connectivity index is 2.21. The molecule has 0 saturated heterocycles. The minimum absolute atomic E-state index is 0.106. The van der Waals surface area contributed by atoms with Gasteiger partial charge in [0.05, 0.1) is 5.75 Å². The summed E-state index contributed by atoms with van der Waals surface area (Å²) in [5, 5.41) is 0. The van der Waals surface area contributed by atoms with Crippen molar-refractivity contribution in [3.05, 3.63) is 29.3 Å². The minimum atomic E-state index is -3.16. The average Bonchev–Trinajstić information content (AvgIpc) is 2.62. The standard InChI is InChI=1S/C12H18N2O2S/c1-2-8-17(15,16)14-12-7-6-9-10(12)4-3-5-11(9)13/h3-5,12,14H,2,6-8,13H2,1H3. The fraction of sp³-hybridized carbons (Fsp3) is 0.500. The molecule has 0 fully saturated rings. The summed E-state index contributed by atoms with van der Waals surface area (Å²) in [5.74, 6) is 0.182. The summed E-state index contributed by atoms with van der Waals surface area (Å²) in [5.41, 5.74) is 8.77. The van der Waals surface area contributed by atoms with Crippen LogP contribution in [0.4, 0.5) is 5.69 Å². The van der Waals surface area contributed by atoms with Crippen LogP contribution in [0.2, 0.25) is 0 Å². The monoisotopic (exact) mass is 254 g/mol. The van der Waals surface area contributed by atoms with Crippen LogP contribution in [0.5, 0.6) is 0 Å². The summed E-state index contributed by atoms with van der Waals surface area (Å²) in [6, 6.07) is 5.59. The Morgan fingerprint density at radius 2 is 2.24 bits per heavy atom. The van der Waals surface area contributed by atoms with E-state index in [-0.39, 0.29) is 11.8 Å². The third-order valence-electron chi connectivity index (χ3n) is 3.10. The molecule has 0 saturated carbocycles. The van der Waals surface area contributed by atoms with Crippen LogP contribution < -0.4 is 10.5 Å². The van der Waals surface area contributed by atoms with Gasteiger partial charge in [-0.05, 0) is 36.5 Å². The molecule has 1 atom stereocenters. The zero-order valence-electron chi connectivity index (χ0n) is 9.94. The number of hydrogen-bond acceptors (Lipinski definition) is 3. The second kappa shape index (κ2) is 4.66. The number of anilines is 1. The lowest BCUT2D eigenvalue weighted by molar-refractivity contribution is 0.553. The second-order valence-electron chi connectivity index (χ2n) is 4.44. The van der Waals surface area contributed by atoms with Crippen LogP contribution in [0.3, 0.4) is 0 Å². The van der Waals surface area contributed by atoms with Gasteiger partial charge >= 0.3 is 0 Å². The van der Waals surface area contributed by atoms with Crippen LogP contribution >= 0.6 is 0 Å². The first-order valence-electron chi connectivity index (χ1n) is 5.91. The van der Waals surface area contributed by atoms with Crippen LogP contribution in [0.1, 0.15) is 36.9 Å². The summed E-state index contributed by atoms with van der Waals surface area (Å²) in [4.78, 5) is 0. The molecule has 1 unspecified atom stereocenters. The van der Waals surface area contributed by atoms with Crippen molar-refractivity contribution in [2.75, 3.05) is 11.5 Å². The average molecular weight is 254 g/mol. The fourth-order valence-corrected chi connectivity index (χ4v) is 3.68. The van der Waals surface area contributed by atoms with Crippen molar-refractivity contribution < 1.29 is 8.42 Å². The van der Waals surface area contributed by atoms with Crippen molar-refractivity contribution in [2.24, 2.45) is 0 Å². The van der Waals surface area contributed by atoms with Gasteiger partial charge in [-0.2, -0.15) is 0 Å². The fourth-order valence-electron chi connectivity index (χ4n) is 2.35. The number of benzene rings is 1. The Kier molecular flexibility index (Phi) is 3.40. The van der Waals surface area contributed by atoms with Crippen LogP contribution in [-0.4, -0.2) is 14.2 Å². The Morgan fingerprint density at radius 3 is 2.94 bits per heavy atom. The van der Waals surface area contributed by atoms with Crippen molar-refractivity contribution in [2.45, 2.75) is 32.2 Å².